The van der Waals surface area contributed by atoms with E-state index in [-0.39, 0.29) is 11.3 Å². The summed E-state index contributed by atoms with van der Waals surface area (Å²) < 4.78 is 6.24. The number of aromatic nitrogens is 1. The number of anilines is 1. The van der Waals surface area contributed by atoms with Crippen molar-refractivity contribution in [3.63, 3.8) is 0 Å². The Morgan fingerprint density at radius 3 is 2.62 bits per heavy atom. The first-order valence-corrected chi connectivity index (χ1v) is 11.1. The molecule has 9 heteroatoms. The van der Waals surface area contributed by atoms with Crippen LogP contribution in [0.4, 0.5) is 5.13 Å². The van der Waals surface area contributed by atoms with Crippen molar-refractivity contribution in [3.8, 4) is 0 Å². The van der Waals surface area contributed by atoms with Crippen LogP contribution in [-0.4, -0.2) is 21.8 Å². The van der Waals surface area contributed by atoms with Gasteiger partial charge in [0.05, 0.1) is 21.8 Å². The summed E-state index contributed by atoms with van der Waals surface area (Å²) in [5, 5.41) is 12.1. The monoisotopic (exact) mass is 484 g/mol. The Balaban J connectivity index is 1.69. The van der Waals surface area contributed by atoms with Crippen molar-refractivity contribution >= 4 is 61.6 Å². The van der Waals surface area contributed by atoms with Crippen LogP contribution in [0.1, 0.15) is 27.9 Å². The van der Waals surface area contributed by atoms with Crippen LogP contribution in [0.2, 0.25) is 10.0 Å². The lowest BCUT2D eigenvalue weighted by atomic mass is 9.95. The molecule has 32 heavy (non-hydrogen) atoms. The van der Waals surface area contributed by atoms with Crippen LogP contribution in [0.3, 0.4) is 0 Å². The van der Waals surface area contributed by atoms with E-state index in [1.165, 1.54) is 22.3 Å². The van der Waals surface area contributed by atoms with Gasteiger partial charge in [0.25, 0.3) is 5.91 Å². The number of benzene rings is 2. The smallest absolute Gasteiger partial charge is 0.296 e. The molecule has 2 aromatic carbocycles. The van der Waals surface area contributed by atoms with Crippen LogP contribution < -0.4 is 4.90 Å². The second-order valence-corrected chi connectivity index (χ2v) is 9.12. The minimum absolute atomic E-state index is 0.0295. The zero-order valence-corrected chi connectivity index (χ0v) is 18.8. The predicted octanol–water partition coefficient (Wildman–Crippen LogP) is 6.29. The molecule has 1 atom stereocenters. The minimum atomic E-state index is -0.935. The van der Waals surface area contributed by atoms with Gasteiger partial charge in [-0.2, -0.15) is 0 Å². The molecular formula is C23H14Cl2N2O4S. The third-order valence-corrected chi connectivity index (χ3v) is 6.61. The highest BCUT2D eigenvalue weighted by Gasteiger charge is 2.46. The number of hydrogen-bond acceptors (Lipinski definition) is 6. The molecule has 0 saturated heterocycles. The normalized spacial score (nSPS) is 16.4. The van der Waals surface area contributed by atoms with E-state index >= 15 is 0 Å². The Hall–Kier alpha value is -3.13. The highest BCUT2D eigenvalue weighted by molar-refractivity contribution is 7.22. The molecule has 0 saturated carbocycles. The average molecular weight is 485 g/mol. The number of carbonyl (C=O) groups excluding carboxylic acids is 2. The first kappa shape index (κ1) is 20.8. The number of halogens is 2. The summed E-state index contributed by atoms with van der Waals surface area (Å²) >= 11 is 13.5. The number of Topliss-reactive ketones (excluding diaryl/α,β-unsaturated/α-hetero) is 1. The fourth-order valence-corrected chi connectivity index (χ4v) is 5.17. The number of amides is 1. The number of ketones is 1. The van der Waals surface area contributed by atoms with Gasteiger partial charge in [0.1, 0.15) is 5.76 Å². The molecule has 160 valence electrons. The van der Waals surface area contributed by atoms with Crippen molar-refractivity contribution in [2.75, 3.05) is 4.90 Å². The molecule has 1 aliphatic rings. The summed E-state index contributed by atoms with van der Waals surface area (Å²) in [6, 6.07) is 14.2. The van der Waals surface area contributed by atoms with E-state index in [0.29, 0.717) is 32.0 Å². The molecule has 2 aromatic heterocycles. The molecule has 6 nitrogen and oxygen atoms in total. The summed E-state index contributed by atoms with van der Waals surface area (Å²) in [6.07, 6.45) is 0. The number of thiazole rings is 1. The fourth-order valence-electron chi connectivity index (χ4n) is 3.71. The van der Waals surface area contributed by atoms with Crippen LogP contribution in [0.15, 0.2) is 70.3 Å². The lowest BCUT2D eigenvalue weighted by Crippen LogP contribution is -2.30. The van der Waals surface area contributed by atoms with Crippen molar-refractivity contribution in [1.82, 2.24) is 4.98 Å². The van der Waals surface area contributed by atoms with E-state index in [0.717, 1.165) is 4.70 Å². The molecule has 4 aromatic rings. The maximum atomic E-state index is 13.3. The van der Waals surface area contributed by atoms with Gasteiger partial charge in [-0.15, -0.1) is 0 Å². The quantitative estimate of drug-likeness (QED) is 0.344. The molecule has 5 rings (SSSR count). The van der Waals surface area contributed by atoms with Crippen LogP contribution in [-0.2, 0) is 4.79 Å². The van der Waals surface area contributed by atoms with Crippen molar-refractivity contribution in [2.24, 2.45) is 0 Å². The minimum Gasteiger partial charge on any atom is -0.503 e. The fraction of sp³-hybridized carbons (Fsp3) is 0.0870. The maximum Gasteiger partial charge on any atom is 0.296 e. The van der Waals surface area contributed by atoms with Gasteiger partial charge >= 0.3 is 0 Å². The largest absolute Gasteiger partial charge is 0.503 e. The van der Waals surface area contributed by atoms with E-state index in [2.05, 4.69) is 4.98 Å². The second kappa shape index (κ2) is 7.78. The molecule has 0 aliphatic carbocycles. The lowest BCUT2D eigenvalue weighted by Gasteiger charge is -2.24. The topological polar surface area (TPSA) is 83.6 Å². The van der Waals surface area contributed by atoms with Gasteiger partial charge < -0.3 is 9.52 Å². The van der Waals surface area contributed by atoms with E-state index in [1.54, 1.807) is 55.5 Å². The highest BCUT2D eigenvalue weighted by atomic mass is 35.5. The van der Waals surface area contributed by atoms with Gasteiger partial charge in [-0.1, -0.05) is 46.7 Å². The number of furan rings is 1. The standard InChI is InChI=1S/C23H14Cl2N2O4S/c1-11-5-8-16(31-11)20(28)18-19(12-3-2-4-13(24)9-12)27(22(30)21(18)29)23-26-15-7-6-14(25)10-17(15)32-23/h2-10,19,29H,1H3. The highest BCUT2D eigenvalue weighted by Crippen LogP contribution is 2.44. The van der Waals surface area contributed by atoms with Gasteiger partial charge in [-0.25, -0.2) is 4.98 Å². The first-order chi connectivity index (χ1) is 15.3. The van der Waals surface area contributed by atoms with Crippen molar-refractivity contribution < 1.29 is 19.1 Å². The number of aliphatic hydroxyl groups excluding tert-OH is 1. The maximum absolute atomic E-state index is 13.3. The molecule has 1 N–H and O–H groups in total. The van der Waals surface area contributed by atoms with Crippen LogP contribution in [0.25, 0.3) is 10.2 Å². The number of hydrogen-bond donors (Lipinski definition) is 1. The molecule has 0 fully saturated rings. The Morgan fingerprint density at radius 2 is 1.91 bits per heavy atom. The molecule has 0 bridgehead atoms. The van der Waals surface area contributed by atoms with Gasteiger partial charge in [0.15, 0.2) is 16.7 Å². The molecule has 1 aliphatic heterocycles. The first-order valence-electron chi connectivity index (χ1n) is 9.53. The van der Waals surface area contributed by atoms with Crippen LogP contribution in [0, 0.1) is 6.92 Å². The number of nitrogens with zero attached hydrogens (tertiary/aromatic N) is 2. The van der Waals surface area contributed by atoms with E-state index in [1.807, 2.05) is 0 Å². The molecular weight excluding hydrogens is 471 g/mol. The molecule has 3 heterocycles. The average Bonchev–Trinajstić information content (AvgIpc) is 3.44. The van der Waals surface area contributed by atoms with Crippen LogP contribution in [0.5, 0.6) is 0 Å². The Kier molecular flexibility index (Phi) is 5.04. The van der Waals surface area contributed by atoms with Gasteiger partial charge in [0, 0.05) is 10.0 Å². The van der Waals surface area contributed by atoms with Crippen molar-refractivity contribution in [1.29, 1.82) is 0 Å². The number of carbonyl (C=O) groups is 2. The van der Waals surface area contributed by atoms with E-state index in [9.17, 15) is 14.7 Å². The SMILES string of the molecule is Cc1ccc(C(=O)C2=C(O)C(=O)N(c3nc4ccc(Cl)cc4s3)C2c2cccc(Cl)c2)o1. The van der Waals surface area contributed by atoms with Crippen molar-refractivity contribution in [3.05, 3.63) is 93.1 Å². The van der Waals surface area contributed by atoms with Crippen molar-refractivity contribution in [2.45, 2.75) is 13.0 Å². The lowest BCUT2D eigenvalue weighted by molar-refractivity contribution is -0.117. The van der Waals surface area contributed by atoms with Crippen LogP contribution >= 0.6 is 34.5 Å². The summed E-state index contributed by atoms with van der Waals surface area (Å²) in [5.74, 6) is -1.39. The summed E-state index contributed by atoms with van der Waals surface area (Å²) in [6.45, 7) is 1.71. The zero-order valence-electron chi connectivity index (χ0n) is 16.5. The van der Waals surface area contributed by atoms with E-state index in [4.69, 9.17) is 27.6 Å². The third kappa shape index (κ3) is 3.39. The summed E-state index contributed by atoms with van der Waals surface area (Å²) in [4.78, 5) is 32.4. The Labute approximate surface area is 196 Å². The summed E-state index contributed by atoms with van der Waals surface area (Å²) in [5.41, 5.74) is 1.11. The molecule has 0 radical (unpaired) electrons. The Morgan fingerprint density at radius 1 is 1.12 bits per heavy atom. The Bertz CT molecular complexity index is 1440. The zero-order chi connectivity index (χ0) is 22.6. The molecule has 1 unspecified atom stereocenters. The molecule has 0 spiro atoms. The van der Waals surface area contributed by atoms with Gasteiger partial charge in [0.2, 0.25) is 5.78 Å². The second-order valence-electron chi connectivity index (χ2n) is 7.24. The number of fused-ring (bicyclic) bond motifs is 1. The summed E-state index contributed by atoms with van der Waals surface area (Å²) in [7, 11) is 0. The number of rotatable bonds is 4. The number of aryl methyl sites for hydroxylation is 1. The molecule has 1 amide bonds. The van der Waals surface area contributed by atoms with Gasteiger partial charge in [-0.05, 0) is 55.0 Å². The van der Waals surface area contributed by atoms with E-state index < -0.39 is 23.5 Å². The third-order valence-electron chi connectivity index (χ3n) is 5.13. The number of aliphatic hydroxyl groups is 1. The predicted molar refractivity (Wildman–Crippen MR) is 124 cm³/mol. The van der Waals surface area contributed by atoms with Gasteiger partial charge in [-0.3, -0.25) is 14.5 Å².